The number of aromatic hydroxyl groups is 2. The normalized spacial score (nSPS) is 10.7. The molecule has 9 N–H and O–H groups in total. The van der Waals surface area contributed by atoms with Gasteiger partial charge in [0.15, 0.2) is 11.5 Å². The first-order valence-corrected chi connectivity index (χ1v) is 5.25. The fourth-order valence-electron chi connectivity index (χ4n) is 0.846. The molecule has 7 nitrogen and oxygen atoms in total. The number of nitrogens with two attached hydrogens (primary N) is 2. The van der Waals surface area contributed by atoms with Crippen LogP contribution in [0.4, 0.5) is 0 Å². The fraction of sp³-hybridized carbons (Fsp3) is 0.455. The van der Waals surface area contributed by atoms with Gasteiger partial charge in [-0.1, -0.05) is 6.07 Å². The molecule has 0 fully saturated rings. The van der Waals surface area contributed by atoms with E-state index in [1.807, 2.05) is 0 Å². The fourth-order valence-corrected chi connectivity index (χ4v) is 0.846. The molecule has 0 radical (unpaired) electrons. The van der Waals surface area contributed by atoms with Gasteiger partial charge in [0.1, 0.15) is 0 Å². The monoisotopic (exact) mass is 260 g/mol. The summed E-state index contributed by atoms with van der Waals surface area (Å²) in [6.45, 7) is -0.839. The molecule has 0 unspecified atom stereocenters. The minimum atomic E-state index is -1.21. The van der Waals surface area contributed by atoms with Crippen LogP contribution in [0, 0.1) is 0 Å². The van der Waals surface area contributed by atoms with E-state index in [0.717, 1.165) is 5.56 Å². The predicted molar refractivity (Wildman–Crippen MR) is 65.8 cm³/mol. The van der Waals surface area contributed by atoms with Gasteiger partial charge in [0.05, 0.1) is 25.4 Å². The summed E-state index contributed by atoms with van der Waals surface area (Å²) in [4.78, 5) is 0. The maximum atomic E-state index is 8.93. The zero-order valence-electron chi connectivity index (χ0n) is 9.95. The van der Waals surface area contributed by atoms with Crippen LogP contribution in [0.5, 0.6) is 11.5 Å². The van der Waals surface area contributed by atoms with Crippen LogP contribution in [0.25, 0.3) is 0 Å². The quantitative estimate of drug-likeness (QED) is 0.316. The van der Waals surface area contributed by atoms with E-state index in [1.165, 1.54) is 12.1 Å². The predicted octanol–water partition coefficient (Wildman–Crippen LogP) is -1.78. The standard InChI is InChI=1S/C7H9NO2.C4H11NO3/c8-4-5-1-2-6(9)7(10)3-5;5-4(1-6,2-7)3-8/h1-3,9-10H,4,8H2;6-8H,1-3,5H2. The summed E-state index contributed by atoms with van der Waals surface area (Å²) in [5.74, 6) is -0.236. The van der Waals surface area contributed by atoms with Crippen LogP contribution in [0.1, 0.15) is 5.56 Å². The third-order valence-electron chi connectivity index (χ3n) is 2.22. The van der Waals surface area contributed by atoms with Crippen LogP contribution in [0.2, 0.25) is 0 Å². The van der Waals surface area contributed by atoms with E-state index in [1.54, 1.807) is 6.07 Å². The highest BCUT2D eigenvalue weighted by Crippen LogP contribution is 2.24. The lowest BCUT2D eigenvalue weighted by atomic mass is 10.1. The zero-order chi connectivity index (χ0) is 14.2. The van der Waals surface area contributed by atoms with E-state index in [9.17, 15) is 0 Å². The Labute approximate surface area is 105 Å². The first-order valence-electron chi connectivity index (χ1n) is 5.25. The van der Waals surface area contributed by atoms with Gasteiger partial charge in [0.2, 0.25) is 0 Å². The van der Waals surface area contributed by atoms with Crippen molar-refractivity contribution in [1.82, 2.24) is 0 Å². The molecule has 0 heterocycles. The van der Waals surface area contributed by atoms with Crippen LogP contribution >= 0.6 is 0 Å². The number of aliphatic hydroxyl groups is 3. The number of hydrogen-bond donors (Lipinski definition) is 7. The van der Waals surface area contributed by atoms with Crippen molar-refractivity contribution in [3.05, 3.63) is 23.8 Å². The maximum absolute atomic E-state index is 8.93. The number of aliphatic hydroxyl groups excluding tert-OH is 3. The van der Waals surface area contributed by atoms with Crippen molar-refractivity contribution in [2.24, 2.45) is 11.5 Å². The molecule has 1 aromatic carbocycles. The van der Waals surface area contributed by atoms with Gasteiger partial charge in [0.25, 0.3) is 0 Å². The summed E-state index contributed by atoms with van der Waals surface area (Å²) in [5.41, 5.74) is 10.0. The highest BCUT2D eigenvalue weighted by atomic mass is 16.3. The van der Waals surface area contributed by atoms with E-state index in [2.05, 4.69) is 0 Å². The van der Waals surface area contributed by atoms with E-state index in [4.69, 9.17) is 37.0 Å². The lowest BCUT2D eigenvalue weighted by Crippen LogP contribution is -2.50. The zero-order valence-corrected chi connectivity index (χ0v) is 9.95. The van der Waals surface area contributed by atoms with Gasteiger partial charge in [-0.15, -0.1) is 0 Å². The number of hydrogen-bond acceptors (Lipinski definition) is 7. The molecule has 0 amide bonds. The minimum absolute atomic E-state index is 0.114. The molecule has 0 saturated heterocycles. The Hall–Kier alpha value is -1.38. The third kappa shape index (κ3) is 5.30. The van der Waals surface area contributed by atoms with Gasteiger partial charge < -0.3 is 37.0 Å². The molecule has 104 valence electrons. The highest BCUT2D eigenvalue weighted by Gasteiger charge is 2.20. The first kappa shape index (κ1) is 16.6. The Morgan fingerprint density at radius 1 is 0.944 bits per heavy atom. The molecule has 0 atom stereocenters. The second-order valence-electron chi connectivity index (χ2n) is 3.86. The maximum Gasteiger partial charge on any atom is 0.157 e. The molecule has 0 bridgehead atoms. The Kier molecular flexibility index (Phi) is 7.25. The highest BCUT2D eigenvalue weighted by molar-refractivity contribution is 5.40. The second kappa shape index (κ2) is 7.85. The van der Waals surface area contributed by atoms with Gasteiger partial charge in [-0.25, -0.2) is 0 Å². The molecule has 0 aliphatic heterocycles. The molecule has 0 saturated carbocycles. The van der Waals surface area contributed by atoms with Crippen molar-refractivity contribution in [3.8, 4) is 11.5 Å². The molecule has 0 aromatic heterocycles. The lowest BCUT2D eigenvalue weighted by Gasteiger charge is -2.20. The van der Waals surface area contributed by atoms with Gasteiger partial charge in [-0.2, -0.15) is 0 Å². The average Bonchev–Trinajstić information content (AvgIpc) is 2.41. The summed E-state index contributed by atoms with van der Waals surface area (Å²) >= 11 is 0. The number of phenols is 2. The Balaban J connectivity index is 0.000000331. The van der Waals surface area contributed by atoms with E-state index in [0.29, 0.717) is 6.54 Å². The summed E-state index contributed by atoms with van der Waals surface area (Å²) in [6, 6.07) is 4.52. The molecule has 1 aromatic rings. The van der Waals surface area contributed by atoms with Crippen molar-refractivity contribution in [1.29, 1.82) is 0 Å². The van der Waals surface area contributed by atoms with Crippen molar-refractivity contribution in [3.63, 3.8) is 0 Å². The summed E-state index contributed by atoms with van der Waals surface area (Å²) in [5, 5.41) is 42.8. The average molecular weight is 260 g/mol. The molecule has 18 heavy (non-hydrogen) atoms. The third-order valence-corrected chi connectivity index (χ3v) is 2.22. The molecule has 7 heteroatoms. The SMILES string of the molecule is NC(CO)(CO)CO.NCc1ccc(O)c(O)c1. The largest absolute Gasteiger partial charge is 0.504 e. The molecular formula is C11H20N2O5. The first-order chi connectivity index (χ1) is 8.42. The molecular weight excluding hydrogens is 240 g/mol. The van der Waals surface area contributed by atoms with Crippen molar-refractivity contribution < 1.29 is 25.5 Å². The Bertz CT molecular complexity index is 347. The second-order valence-corrected chi connectivity index (χ2v) is 3.86. The number of benzene rings is 1. The van der Waals surface area contributed by atoms with E-state index in [-0.39, 0.29) is 11.5 Å². The smallest absolute Gasteiger partial charge is 0.157 e. The topological polar surface area (TPSA) is 153 Å². The van der Waals surface area contributed by atoms with Crippen LogP contribution in [-0.2, 0) is 6.54 Å². The molecule has 0 spiro atoms. The lowest BCUT2D eigenvalue weighted by molar-refractivity contribution is 0.0698. The summed E-state index contributed by atoms with van der Waals surface area (Å²) in [6.07, 6.45) is 0. The molecule has 0 aliphatic carbocycles. The number of phenolic OH excluding ortho intramolecular Hbond substituents is 2. The summed E-state index contributed by atoms with van der Waals surface area (Å²) < 4.78 is 0. The van der Waals surface area contributed by atoms with Crippen LogP contribution in [-0.4, -0.2) is 50.9 Å². The van der Waals surface area contributed by atoms with Gasteiger partial charge in [-0.05, 0) is 17.7 Å². The van der Waals surface area contributed by atoms with Crippen LogP contribution < -0.4 is 11.5 Å². The van der Waals surface area contributed by atoms with Gasteiger partial charge in [-0.3, -0.25) is 0 Å². The van der Waals surface area contributed by atoms with Crippen LogP contribution in [0.15, 0.2) is 18.2 Å². The molecule has 1 rings (SSSR count). The number of rotatable bonds is 4. The van der Waals surface area contributed by atoms with E-state index >= 15 is 0 Å². The Morgan fingerprint density at radius 3 is 1.72 bits per heavy atom. The van der Waals surface area contributed by atoms with Crippen molar-refractivity contribution >= 4 is 0 Å². The van der Waals surface area contributed by atoms with E-state index < -0.39 is 25.4 Å². The van der Waals surface area contributed by atoms with Crippen molar-refractivity contribution in [2.75, 3.05) is 19.8 Å². The van der Waals surface area contributed by atoms with Gasteiger partial charge in [0, 0.05) is 6.54 Å². The Morgan fingerprint density at radius 2 is 1.44 bits per heavy atom. The van der Waals surface area contributed by atoms with Crippen molar-refractivity contribution in [2.45, 2.75) is 12.1 Å². The van der Waals surface area contributed by atoms with Gasteiger partial charge >= 0.3 is 0 Å². The minimum Gasteiger partial charge on any atom is -0.504 e. The summed E-state index contributed by atoms with van der Waals surface area (Å²) in [7, 11) is 0. The molecule has 0 aliphatic rings. The van der Waals surface area contributed by atoms with Crippen LogP contribution in [0.3, 0.4) is 0 Å².